The molecule has 239 valence electrons. The van der Waals surface area contributed by atoms with E-state index in [1.165, 1.54) is 35.7 Å². The summed E-state index contributed by atoms with van der Waals surface area (Å²) in [5, 5.41) is 2.41. The maximum Gasteiger partial charge on any atom is 0 e. The second-order valence-electron chi connectivity index (χ2n) is 13.6. The first-order valence-electron chi connectivity index (χ1n) is 16.7. The number of hydrogen-bond donors (Lipinski definition) is 0. The smallest absolute Gasteiger partial charge is 0 e. The van der Waals surface area contributed by atoms with Gasteiger partial charge in [-0.25, -0.2) is 0 Å². The van der Waals surface area contributed by atoms with Crippen molar-refractivity contribution < 1.29 is 22.8 Å². The van der Waals surface area contributed by atoms with Gasteiger partial charge in [0.15, 0.2) is 0 Å². The van der Waals surface area contributed by atoms with Crippen LogP contribution < -0.4 is 4.40 Å². The van der Waals surface area contributed by atoms with Crippen LogP contribution in [-0.2, 0) is 26.5 Å². The molecule has 0 aliphatic rings. The van der Waals surface area contributed by atoms with E-state index in [-0.39, 0.29) is 20.1 Å². The molecule has 3 heterocycles. The number of benzene rings is 4. The summed E-state index contributed by atoms with van der Waals surface area (Å²) in [6.07, 6.45) is 2.28. The Balaban J connectivity index is 0.000000233. The third-order valence-corrected chi connectivity index (χ3v) is 13.1. The molecule has 3 aromatic heterocycles. The number of fused-ring (bicyclic) bond motifs is 3. The quantitative estimate of drug-likeness (QED) is 0.127. The van der Waals surface area contributed by atoms with Gasteiger partial charge in [0.2, 0.25) is 0 Å². The van der Waals surface area contributed by atoms with Crippen LogP contribution in [0.2, 0.25) is 17.3 Å². The Morgan fingerprint density at radius 2 is 1.51 bits per heavy atom. The van der Waals surface area contributed by atoms with Crippen molar-refractivity contribution in [1.29, 1.82) is 0 Å². The van der Waals surface area contributed by atoms with Crippen molar-refractivity contribution in [2.45, 2.75) is 44.4 Å². The van der Waals surface area contributed by atoms with Gasteiger partial charge in [0.05, 0.1) is 0 Å². The monoisotopic (exact) mass is 873 g/mol. The molecule has 0 aliphatic carbocycles. The minimum atomic E-state index is -1.72. The minimum Gasteiger partial charge on any atom is 0 e. The summed E-state index contributed by atoms with van der Waals surface area (Å²) in [4.78, 5) is 9.07. The Kier molecular flexibility index (Phi) is 10.1. The molecule has 0 atom stereocenters. The number of aromatic nitrogens is 2. The van der Waals surface area contributed by atoms with Gasteiger partial charge in [-0.15, -0.1) is 23.8 Å². The zero-order valence-electron chi connectivity index (χ0n) is 29.7. The van der Waals surface area contributed by atoms with Gasteiger partial charge >= 0.3 is 99.8 Å². The summed E-state index contributed by atoms with van der Waals surface area (Å²) >= 11 is 0.0576. The fraction of sp³-hybridized carbons (Fsp3) is 0.190. The first-order valence-corrected chi connectivity index (χ1v) is 23.8. The van der Waals surface area contributed by atoms with Gasteiger partial charge in [0.1, 0.15) is 0 Å². The Hall–Kier alpha value is -3.41. The molecule has 47 heavy (non-hydrogen) atoms. The summed E-state index contributed by atoms with van der Waals surface area (Å²) in [6.45, 7) is 5.77. The normalized spacial score (nSPS) is 12.5. The SMILES string of the molecule is [2H]C([2H])(c1ccnc(-c2[c-]cc3sc4cc(-c5ccccc5)ccc4c3c2)c1)C(C)(C)C.[CH3][Ge]([CH3])([CH3])[c]1ccc(-c2[c-]cccc2)nc1.[Ir]. The van der Waals surface area contributed by atoms with E-state index in [0.29, 0.717) is 5.56 Å². The van der Waals surface area contributed by atoms with Gasteiger partial charge in [0.25, 0.3) is 0 Å². The molecule has 4 aromatic carbocycles. The molecule has 0 aliphatic heterocycles. The van der Waals surface area contributed by atoms with Crippen molar-refractivity contribution in [3.63, 3.8) is 0 Å². The fourth-order valence-electron chi connectivity index (χ4n) is 5.32. The van der Waals surface area contributed by atoms with Crippen LogP contribution in [0.25, 0.3) is 53.8 Å². The molecule has 5 heteroatoms. The van der Waals surface area contributed by atoms with E-state index in [9.17, 15) is 0 Å². The Morgan fingerprint density at radius 3 is 2.19 bits per heavy atom. The molecule has 0 saturated heterocycles. The second-order valence-corrected chi connectivity index (χ2v) is 25.3. The molecular formula is C42H40GeIrN2S-2. The first-order chi connectivity index (χ1) is 22.8. The van der Waals surface area contributed by atoms with Crippen LogP contribution in [0.15, 0.2) is 122 Å². The predicted octanol–water partition coefficient (Wildman–Crippen LogP) is 11.3. The summed E-state index contributed by atoms with van der Waals surface area (Å²) in [6, 6.07) is 43.7. The average molecular weight is 872 g/mol. The molecule has 7 rings (SSSR count). The molecular weight excluding hydrogens is 829 g/mol. The van der Waals surface area contributed by atoms with Crippen molar-refractivity contribution in [3.8, 4) is 33.6 Å². The van der Waals surface area contributed by atoms with Gasteiger partial charge < -0.3 is 4.98 Å². The molecule has 2 nitrogen and oxygen atoms in total. The topological polar surface area (TPSA) is 25.8 Å². The van der Waals surface area contributed by atoms with Crippen LogP contribution in [0, 0.1) is 17.5 Å². The zero-order chi connectivity index (χ0) is 34.1. The maximum atomic E-state index is 8.61. The van der Waals surface area contributed by atoms with Gasteiger partial charge in [-0.3, -0.25) is 0 Å². The Labute approximate surface area is 302 Å². The molecule has 0 unspecified atom stereocenters. The molecule has 0 fully saturated rings. The fourth-order valence-corrected chi connectivity index (χ4v) is 8.60. The Morgan fingerprint density at radius 1 is 0.723 bits per heavy atom. The summed E-state index contributed by atoms with van der Waals surface area (Å²) in [5.74, 6) is 7.14. The molecule has 0 spiro atoms. The molecule has 7 aromatic rings. The van der Waals surface area contributed by atoms with E-state index in [1.54, 1.807) is 23.6 Å². The summed E-state index contributed by atoms with van der Waals surface area (Å²) in [5.41, 5.74) is 6.27. The van der Waals surface area contributed by atoms with Crippen molar-refractivity contribution in [3.05, 3.63) is 139 Å². The average Bonchev–Trinajstić information content (AvgIpc) is 3.46. The molecule has 0 bridgehead atoms. The largest absolute Gasteiger partial charge is 0 e. The second kappa shape index (κ2) is 14.8. The van der Waals surface area contributed by atoms with E-state index >= 15 is 0 Å². The molecule has 0 amide bonds. The van der Waals surface area contributed by atoms with Crippen molar-refractivity contribution in [1.82, 2.24) is 9.97 Å². The number of thiophene rings is 1. The zero-order valence-corrected chi connectivity index (χ0v) is 33.0. The third-order valence-electron chi connectivity index (χ3n) is 7.68. The number of hydrogen-bond acceptors (Lipinski definition) is 3. The predicted molar refractivity (Wildman–Crippen MR) is 201 cm³/mol. The van der Waals surface area contributed by atoms with E-state index in [4.69, 9.17) is 2.74 Å². The first kappa shape index (κ1) is 32.2. The van der Waals surface area contributed by atoms with Gasteiger partial charge in [-0.1, -0.05) is 80.3 Å². The number of rotatable bonds is 5. The van der Waals surface area contributed by atoms with Gasteiger partial charge in [-0.05, 0) is 50.8 Å². The van der Waals surface area contributed by atoms with Crippen molar-refractivity contribution in [2.75, 3.05) is 0 Å². The van der Waals surface area contributed by atoms with Crippen molar-refractivity contribution in [2.24, 2.45) is 5.41 Å². The third kappa shape index (κ3) is 8.74. The van der Waals surface area contributed by atoms with E-state index < -0.39 is 25.1 Å². The summed E-state index contributed by atoms with van der Waals surface area (Å²) in [7, 11) is 0. The van der Waals surface area contributed by atoms with E-state index in [2.05, 4.69) is 100 Å². The van der Waals surface area contributed by atoms with Crippen LogP contribution >= 0.6 is 11.3 Å². The molecule has 1 radical (unpaired) electrons. The number of pyridine rings is 2. The number of nitrogens with zero attached hydrogens (tertiary/aromatic N) is 2. The van der Waals surface area contributed by atoms with Crippen LogP contribution in [0.3, 0.4) is 0 Å². The molecule has 0 N–H and O–H groups in total. The van der Waals surface area contributed by atoms with Crippen LogP contribution in [-0.4, -0.2) is 23.2 Å². The van der Waals surface area contributed by atoms with Crippen LogP contribution in [0.5, 0.6) is 0 Å². The summed E-state index contributed by atoms with van der Waals surface area (Å²) < 4.78 is 21.1. The molecule has 0 saturated carbocycles. The van der Waals surface area contributed by atoms with E-state index in [0.717, 1.165) is 22.5 Å². The minimum absolute atomic E-state index is 0. The van der Waals surface area contributed by atoms with Crippen LogP contribution in [0.1, 0.15) is 29.1 Å². The Bertz CT molecular complexity index is 2170. The van der Waals surface area contributed by atoms with E-state index in [1.807, 2.05) is 69.4 Å². The van der Waals surface area contributed by atoms with Crippen LogP contribution in [0.4, 0.5) is 0 Å². The van der Waals surface area contributed by atoms with Crippen molar-refractivity contribution >= 4 is 49.2 Å². The van der Waals surface area contributed by atoms with Gasteiger partial charge in [-0.2, -0.15) is 11.3 Å². The van der Waals surface area contributed by atoms with Gasteiger partial charge in [0, 0.05) is 33.7 Å². The maximum absolute atomic E-state index is 8.61. The standard InChI is InChI=1S/C28H24NS.C14H16GeN.Ir/c1-28(2,3)18-19-13-14-29-25(15-19)22-10-12-26-24(16-22)23-11-9-21(17-27(23)30-26)20-7-5-4-6-8-20;1-15(2,3)13-9-10-14(16-11-13)12-7-5-4-6-8-12;/h4-9,11-17H,18H2,1-3H3;4-7,9-11H,1-3H3;/q2*-1;/i18D2;;.